The van der Waals surface area contributed by atoms with Gasteiger partial charge in [0.25, 0.3) is 0 Å². The first-order valence-corrected chi connectivity index (χ1v) is 15.3. The molecule has 7 rings (SSSR count). The largest absolute Gasteiger partial charge is 0.494 e. The number of hydrogen-bond donors (Lipinski definition) is 0. The zero-order valence-corrected chi connectivity index (χ0v) is 25.9. The molecule has 0 bridgehead atoms. The molecule has 2 heterocycles. The molecule has 0 saturated carbocycles. The molecular weight excluding hydrogens is 553 g/mol. The van der Waals surface area contributed by atoms with Crippen LogP contribution in [0.3, 0.4) is 0 Å². The van der Waals surface area contributed by atoms with Crippen molar-refractivity contribution in [3.63, 3.8) is 0 Å². The highest BCUT2D eigenvalue weighted by atomic mass is 16.7. The van der Waals surface area contributed by atoms with Gasteiger partial charge in [0.2, 0.25) is 0 Å². The highest BCUT2D eigenvalue weighted by molar-refractivity contribution is 6.62. The fourth-order valence-corrected chi connectivity index (χ4v) is 5.47. The van der Waals surface area contributed by atoms with Crippen molar-refractivity contribution in [2.75, 3.05) is 0 Å². The summed E-state index contributed by atoms with van der Waals surface area (Å²) in [7, 11) is -0.377. The van der Waals surface area contributed by atoms with Crippen LogP contribution in [0.2, 0.25) is 0 Å². The topological polar surface area (TPSA) is 57.1 Å². The maximum absolute atomic E-state index is 6.25. The highest BCUT2D eigenvalue weighted by Gasteiger charge is 2.51. The molecule has 0 radical (unpaired) electrons. The number of hydrogen-bond acceptors (Lipinski definition) is 5. The Hall–Kier alpha value is -4.91. The van der Waals surface area contributed by atoms with Gasteiger partial charge in [0.15, 0.2) is 17.5 Å². The van der Waals surface area contributed by atoms with Gasteiger partial charge >= 0.3 is 7.12 Å². The Labute approximate surface area is 265 Å². The van der Waals surface area contributed by atoms with Gasteiger partial charge in [0.05, 0.1) is 11.2 Å². The van der Waals surface area contributed by atoms with Crippen molar-refractivity contribution >= 4 is 12.6 Å². The summed E-state index contributed by atoms with van der Waals surface area (Å²) in [6, 6.07) is 45.6. The average Bonchev–Trinajstić information content (AvgIpc) is 3.31. The third-order valence-corrected chi connectivity index (χ3v) is 8.79. The van der Waals surface area contributed by atoms with Crippen LogP contribution in [0.25, 0.3) is 56.4 Å². The first-order chi connectivity index (χ1) is 21.8. The van der Waals surface area contributed by atoms with Gasteiger partial charge in [-0.15, -0.1) is 0 Å². The molecule has 6 heteroatoms. The van der Waals surface area contributed by atoms with Gasteiger partial charge in [-0.3, -0.25) is 0 Å². The standard InChI is InChI=1S/C39H34BN3O2/c1-38(2)39(3,4)45-40(44-38)34-23-21-27(22-24-34)30-17-11-18-31(25-30)32-19-12-20-33(26-32)37-42-35(28-13-7-5-8-14-28)41-36(43-37)29-15-9-6-10-16-29/h5-26H,1-4H3. The van der Waals surface area contributed by atoms with Gasteiger partial charge in [-0.25, -0.2) is 15.0 Å². The molecule has 45 heavy (non-hydrogen) atoms. The predicted molar refractivity (Wildman–Crippen MR) is 183 cm³/mol. The van der Waals surface area contributed by atoms with E-state index in [1.54, 1.807) is 0 Å². The van der Waals surface area contributed by atoms with E-state index >= 15 is 0 Å². The Bertz CT molecular complexity index is 1890. The number of rotatable bonds is 6. The lowest BCUT2D eigenvalue weighted by molar-refractivity contribution is 0.00578. The van der Waals surface area contributed by atoms with Crippen LogP contribution in [0.5, 0.6) is 0 Å². The molecule has 220 valence electrons. The molecule has 0 spiro atoms. The second-order valence-electron chi connectivity index (χ2n) is 12.4. The number of aromatic nitrogens is 3. The summed E-state index contributed by atoms with van der Waals surface area (Å²) in [6.07, 6.45) is 0. The van der Waals surface area contributed by atoms with Gasteiger partial charge in [-0.1, -0.05) is 121 Å². The summed E-state index contributed by atoms with van der Waals surface area (Å²) in [5.41, 5.74) is 7.58. The van der Waals surface area contributed by atoms with Gasteiger partial charge < -0.3 is 9.31 Å². The number of benzene rings is 5. The predicted octanol–water partition coefficient (Wildman–Crippen LogP) is 8.51. The van der Waals surface area contributed by atoms with Crippen molar-refractivity contribution in [2.45, 2.75) is 38.9 Å². The fourth-order valence-electron chi connectivity index (χ4n) is 5.47. The highest BCUT2D eigenvalue weighted by Crippen LogP contribution is 2.37. The molecule has 1 aliphatic rings. The van der Waals surface area contributed by atoms with Crippen LogP contribution in [-0.4, -0.2) is 33.3 Å². The molecule has 1 aromatic heterocycles. The third-order valence-electron chi connectivity index (χ3n) is 8.79. The Morgan fingerprint density at radius 1 is 0.400 bits per heavy atom. The Morgan fingerprint density at radius 3 is 1.27 bits per heavy atom. The van der Waals surface area contributed by atoms with E-state index in [9.17, 15) is 0 Å². The third kappa shape index (κ3) is 5.83. The molecular formula is C39H34BN3O2. The summed E-state index contributed by atoms with van der Waals surface area (Å²) in [6.45, 7) is 8.31. The molecule has 0 aliphatic carbocycles. The lowest BCUT2D eigenvalue weighted by Crippen LogP contribution is -2.41. The first-order valence-electron chi connectivity index (χ1n) is 15.3. The van der Waals surface area contributed by atoms with E-state index in [1.807, 2.05) is 60.7 Å². The zero-order chi connectivity index (χ0) is 31.0. The molecule has 0 atom stereocenters. The van der Waals surface area contributed by atoms with E-state index in [2.05, 4.69) is 100 Å². The van der Waals surface area contributed by atoms with Crippen molar-refractivity contribution in [1.29, 1.82) is 0 Å². The van der Waals surface area contributed by atoms with Crippen LogP contribution in [0.1, 0.15) is 27.7 Å². The van der Waals surface area contributed by atoms with Gasteiger partial charge in [0.1, 0.15) is 0 Å². The van der Waals surface area contributed by atoms with Crippen LogP contribution >= 0.6 is 0 Å². The molecule has 5 nitrogen and oxygen atoms in total. The quantitative estimate of drug-likeness (QED) is 0.183. The molecule has 5 aromatic carbocycles. The van der Waals surface area contributed by atoms with E-state index in [0.29, 0.717) is 17.5 Å². The minimum Gasteiger partial charge on any atom is -0.399 e. The summed E-state index contributed by atoms with van der Waals surface area (Å²) < 4.78 is 12.5. The second-order valence-corrected chi connectivity index (χ2v) is 12.4. The van der Waals surface area contributed by atoms with Gasteiger partial charge in [-0.05, 0) is 67.5 Å². The maximum Gasteiger partial charge on any atom is 0.494 e. The molecule has 0 N–H and O–H groups in total. The molecule has 6 aromatic rings. The molecule has 1 saturated heterocycles. The van der Waals surface area contributed by atoms with E-state index in [-0.39, 0.29) is 18.3 Å². The van der Waals surface area contributed by atoms with Gasteiger partial charge in [-0.2, -0.15) is 0 Å². The van der Waals surface area contributed by atoms with E-state index in [1.165, 1.54) is 0 Å². The minimum absolute atomic E-state index is 0.368. The normalized spacial score (nSPS) is 15.2. The zero-order valence-electron chi connectivity index (χ0n) is 25.9. The summed E-state index contributed by atoms with van der Waals surface area (Å²) in [5.74, 6) is 1.94. The SMILES string of the molecule is CC1(C)OB(c2ccc(-c3cccc(-c4cccc(-c5nc(-c6ccccc6)nc(-c6ccccc6)n5)c4)c3)cc2)OC1(C)C. The number of nitrogens with zero attached hydrogens (tertiary/aromatic N) is 3. The first kappa shape index (κ1) is 28.8. The smallest absolute Gasteiger partial charge is 0.399 e. The summed E-state index contributed by atoms with van der Waals surface area (Å²) >= 11 is 0. The van der Waals surface area contributed by atoms with Crippen LogP contribution in [-0.2, 0) is 9.31 Å². The van der Waals surface area contributed by atoms with Crippen LogP contribution < -0.4 is 5.46 Å². The molecule has 0 unspecified atom stereocenters. The maximum atomic E-state index is 6.25. The lowest BCUT2D eigenvalue weighted by atomic mass is 9.78. The molecule has 1 fully saturated rings. The van der Waals surface area contributed by atoms with Crippen molar-refractivity contribution in [2.24, 2.45) is 0 Å². The van der Waals surface area contributed by atoms with Crippen LogP contribution in [0.4, 0.5) is 0 Å². The minimum atomic E-state index is -0.377. The summed E-state index contributed by atoms with van der Waals surface area (Å²) in [4.78, 5) is 14.7. The Balaban J connectivity index is 1.20. The lowest BCUT2D eigenvalue weighted by Gasteiger charge is -2.32. The Kier molecular flexibility index (Phi) is 7.40. The van der Waals surface area contributed by atoms with Crippen molar-refractivity contribution in [3.8, 4) is 56.4 Å². The van der Waals surface area contributed by atoms with Crippen LogP contribution in [0, 0.1) is 0 Å². The van der Waals surface area contributed by atoms with Gasteiger partial charge in [0, 0.05) is 16.7 Å². The average molecular weight is 588 g/mol. The second kappa shape index (κ2) is 11.5. The molecule has 0 amide bonds. The van der Waals surface area contributed by atoms with Crippen molar-refractivity contribution in [3.05, 3.63) is 133 Å². The monoisotopic (exact) mass is 587 g/mol. The fraction of sp³-hybridized carbons (Fsp3) is 0.154. The summed E-state index contributed by atoms with van der Waals surface area (Å²) in [5, 5.41) is 0. The molecule has 1 aliphatic heterocycles. The van der Waals surface area contributed by atoms with Crippen molar-refractivity contribution < 1.29 is 9.31 Å². The van der Waals surface area contributed by atoms with E-state index < -0.39 is 0 Å². The van der Waals surface area contributed by atoms with E-state index in [0.717, 1.165) is 44.4 Å². The van der Waals surface area contributed by atoms with E-state index in [4.69, 9.17) is 24.3 Å². The van der Waals surface area contributed by atoms with Crippen molar-refractivity contribution in [1.82, 2.24) is 15.0 Å². The van der Waals surface area contributed by atoms with Crippen LogP contribution in [0.15, 0.2) is 133 Å². The Morgan fingerprint density at radius 2 is 0.778 bits per heavy atom.